The Balaban J connectivity index is 1.85. The van der Waals surface area contributed by atoms with Crippen LogP contribution in [0.5, 0.6) is 0 Å². The number of hydrogen-bond donors (Lipinski definition) is 1. The Hall–Kier alpha value is -0.900. The molecule has 1 aromatic carbocycles. The van der Waals surface area contributed by atoms with E-state index in [0.29, 0.717) is 12.0 Å². The molecule has 1 saturated heterocycles. The molecule has 1 heterocycles. The zero-order valence-electron chi connectivity index (χ0n) is 11.7. The van der Waals surface area contributed by atoms with E-state index in [4.69, 9.17) is 4.74 Å². The highest BCUT2D eigenvalue weighted by atomic mass is 16.5. The topological polar surface area (TPSA) is 32.7 Å². The second kappa shape index (κ2) is 5.23. The van der Waals surface area contributed by atoms with Gasteiger partial charge in [0.1, 0.15) is 0 Å². The van der Waals surface area contributed by atoms with Gasteiger partial charge >= 0.3 is 0 Å². The number of rotatable bonds is 2. The Bertz CT molecular complexity index is 442. The normalized spacial score (nSPS) is 34.5. The van der Waals surface area contributed by atoms with Crippen LogP contribution in [0.15, 0.2) is 24.3 Å². The van der Waals surface area contributed by atoms with E-state index < -0.39 is 0 Å². The van der Waals surface area contributed by atoms with Crippen LogP contribution in [0.4, 0.5) is 0 Å². The molecule has 2 aliphatic rings. The van der Waals surface area contributed by atoms with Crippen molar-refractivity contribution in [3.63, 3.8) is 0 Å². The van der Waals surface area contributed by atoms with Crippen LogP contribution in [0.2, 0.25) is 0 Å². The fraction of sp³-hybridized carbons (Fsp3) is 0.625. The Morgan fingerprint density at radius 2 is 2.00 bits per heavy atom. The fourth-order valence-corrected chi connectivity index (χ4v) is 3.56. The van der Waals surface area contributed by atoms with Crippen molar-refractivity contribution >= 4 is 0 Å². The summed E-state index contributed by atoms with van der Waals surface area (Å²) in [6.07, 6.45) is 1.72. The van der Waals surface area contributed by atoms with Crippen molar-refractivity contribution in [2.75, 3.05) is 20.3 Å². The molecular formula is C16H23NO2. The maximum absolute atomic E-state index is 10.7. The maximum Gasteiger partial charge on any atom is 0.0948 e. The van der Waals surface area contributed by atoms with Crippen molar-refractivity contribution in [1.82, 2.24) is 4.90 Å². The molecule has 0 saturated carbocycles. The summed E-state index contributed by atoms with van der Waals surface area (Å²) in [5.41, 5.74) is 2.42. The summed E-state index contributed by atoms with van der Waals surface area (Å²) in [4.78, 5) is 2.34. The fourth-order valence-electron chi connectivity index (χ4n) is 3.56. The van der Waals surface area contributed by atoms with Gasteiger partial charge in [-0.2, -0.15) is 0 Å². The van der Waals surface area contributed by atoms with Gasteiger partial charge in [0.2, 0.25) is 0 Å². The van der Waals surface area contributed by atoms with Crippen molar-refractivity contribution in [3.8, 4) is 0 Å². The van der Waals surface area contributed by atoms with E-state index >= 15 is 0 Å². The van der Waals surface area contributed by atoms with Crippen LogP contribution < -0.4 is 0 Å². The van der Waals surface area contributed by atoms with Crippen LogP contribution in [0.1, 0.15) is 42.9 Å². The molecule has 3 rings (SSSR count). The average Bonchev–Trinajstić information content (AvgIpc) is 2.96. The highest BCUT2D eigenvalue weighted by Gasteiger charge is 2.37. The number of likely N-dealkylation sites (N-methyl/N-ethyl adjacent to an activating group) is 1. The lowest BCUT2D eigenvalue weighted by Crippen LogP contribution is -2.46. The predicted octanol–water partition coefficient (Wildman–Crippen LogP) is 2.32. The summed E-state index contributed by atoms with van der Waals surface area (Å²) >= 11 is 0. The van der Waals surface area contributed by atoms with Gasteiger partial charge in [0.15, 0.2) is 0 Å². The number of hydrogen-bond acceptors (Lipinski definition) is 3. The molecule has 3 heteroatoms. The van der Waals surface area contributed by atoms with Gasteiger partial charge in [-0.05, 0) is 36.9 Å². The quantitative estimate of drug-likeness (QED) is 0.887. The monoisotopic (exact) mass is 261 g/mol. The van der Waals surface area contributed by atoms with Crippen LogP contribution >= 0.6 is 0 Å². The smallest absolute Gasteiger partial charge is 0.0948 e. The first-order valence-electron chi connectivity index (χ1n) is 7.25. The summed E-state index contributed by atoms with van der Waals surface area (Å²) in [5, 5.41) is 10.7. The summed E-state index contributed by atoms with van der Waals surface area (Å²) in [6.45, 7) is 3.91. The molecule has 104 valence electrons. The first-order valence-corrected chi connectivity index (χ1v) is 7.25. The van der Waals surface area contributed by atoms with Crippen molar-refractivity contribution < 1.29 is 9.84 Å². The predicted molar refractivity (Wildman–Crippen MR) is 75.2 cm³/mol. The Morgan fingerprint density at radius 1 is 1.26 bits per heavy atom. The number of aliphatic hydroxyl groups excluding tert-OH is 1. The van der Waals surface area contributed by atoms with Gasteiger partial charge in [0.25, 0.3) is 0 Å². The summed E-state index contributed by atoms with van der Waals surface area (Å²) in [6, 6.07) is 8.97. The van der Waals surface area contributed by atoms with Crippen molar-refractivity contribution in [1.29, 1.82) is 0 Å². The van der Waals surface area contributed by atoms with E-state index in [1.54, 1.807) is 0 Å². The number of ether oxygens (including phenoxy) is 1. The third-order valence-electron chi connectivity index (χ3n) is 4.81. The molecule has 1 N–H and O–H groups in total. The molecule has 3 nitrogen and oxygen atoms in total. The minimum Gasteiger partial charge on any atom is -0.387 e. The first-order chi connectivity index (χ1) is 9.18. The number of aliphatic hydroxyl groups is 1. The molecule has 1 aliphatic heterocycles. The van der Waals surface area contributed by atoms with E-state index in [0.717, 1.165) is 31.6 Å². The van der Waals surface area contributed by atoms with E-state index in [-0.39, 0.29) is 12.1 Å². The molecule has 0 radical (unpaired) electrons. The zero-order chi connectivity index (χ0) is 13.4. The summed E-state index contributed by atoms with van der Waals surface area (Å²) in [7, 11) is 2.13. The molecule has 1 aliphatic carbocycles. The highest BCUT2D eigenvalue weighted by molar-refractivity contribution is 5.35. The standard InChI is InChI=1S/C16H23NO2/c1-11-9-15(17(2)12-7-8-19-10-12)16(18)14-6-4-3-5-13(11)14/h3-6,11-12,15-16,18H,7-10H2,1-2H3. The van der Waals surface area contributed by atoms with Crippen LogP contribution in [0.25, 0.3) is 0 Å². The third kappa shape index (κ3) is 2.31. The van der Waals surface area contributed by atoms with Crippen LogP contribution in [-0.4, -0.2) is 42.4 Å². The number of nitrogens with zero attached hydrogens (tertiary/aromatic N) is 1. The van der Waals surface area contributed by atoms with Gasteiger partial charge < -0.3 is 9.84 Å². The van der Waals surface area contributed by atoms with Gasteiger partial charge in [0, 0.05) is 18.7 Å². The molecular weight excluding hydrogens is 238 g/mol. The molecule has 0 bridgehead atoms. The Kier molecular flexibility index (Phi) is 3.61. The van der Waals surface area contributed by atoms with Crippen molar-refractivity contribution in [2.45, 2.75) is 43.9 Å². The maximum atomic E-state index is 10.7. The lowest BCUT2D eigenvalue weighted by atomic mass is 9.78. The zero-order valence-corrected chi connectivity index (χ0v) is 11.7. The van der Waals surface area contributed by atoms with E-state index in [9.17, 15) is 5.11 Å². The molecule has 1 aromatic rings. The number of benzene rings is 1. The molecule has 1 fully saturated rings. The van der Waals surface area contributed by atoms with Crippen LogP contribution in [0.3, 0.4) is 0 Å². The minimum absolute atomic E-state index is 0.205. The van der Waals surface area contributed by atoms with Gasteiger partial charge in [-0.3, -0.25) is 4.90 Å². The van der Waals surface area contributed by atoms with Gasteiger partial charge in [0.05, 0.1) is 12.7 Å². The average molecular weight is 261 g/mol. The van der Waals surface area contributed by atoms with Crippen molar-refractivity contribution in [3.05, 3.63) is 35.4 Å². The molecule has 4 unspecified atom stereocenters. The number of fused-ring (bicyclic) bond motifs is 1. The second-order valence-corrected chi connectivity index (χ2v) is 5.96. The van der Waals surface area contributed by atoms with Gasteiger partial charge in [-0.25, -0.2) is 0 Å². The molecule has 19 heavy (non-hydrogen) atoms. The van der Waals surface area contributed by atoms with Crippen LogP contribution in [-0.2, 0) is 4.74 Å². The second-order valence-electron chi connectivity index (χ2n) is 5.96. The molecule has 4 atom stereocenters. The molecule has 0 aromatic heterocycles. The highest BCUT2D eigenvalue weighted by Crippen LogP contribution is 2.40. The third-order valence-corrected chi connectivity index (χ3v) is 4.81. The van der Waals surface area contributed by atoms with Gasteiger partial charge in [-0.1, -0.05) is 31.2 Å². The summed E-state index contributed by atoms with van der Waals surface area (Å²) < 4.78 is 5.48. The summed E-state index contributed by atoms with van der Waals surface area (Å²) in [5.74, 6) is 0.509. The Morgan fingerprint density at radius 3 is 2.68 bits per heavy atom. The lowest BCUT2D eigenvalue weighted by Gasteiger charge is -2.41. The SMILES string of the molecule is CC1CC(N(C)C2CCOC2)C(O)c2ccccc21. The molecule has 0 amide bonds. The largest absolute Gasteiger partial charge is 0.387 e. The minimum atomic E-state index is -0.377. The Labute approximate surface area is 115 Å². The van der Waals surface area contributed by atoms with E-state index in [1.807, 2.05) is 6.07 Å². The lowest BCUT2D eigenvalue weighted by molar-refractivity contribution is 0.0203. The van der Waals surface area contributed by atoms with Crippen LogP contribution in [0, 0.1) is 0 Å². The molecule has 0 spiro atoms. The van der Waals surface area contributed by atoms with Gasteiger partial charge in [-0.15, -0.1) is 0 Å². The van der Waals surface area contributed by atoms with Crippen molar-refractivity contribution in [2.24, 2.45) is 0 Å². The first kappa shape index (κ1) is 13.1. The van der Waals surface area contributed by atoms with E-state index in [1.165, 1.54) is 5.56 Å². The van der Waals surface area contributed by atoms with E-state index in [2.05, 4.69) is 37.1 Å².